The van der Waals surface area contributed by atoms with Crippen molar-refractivity contribution < 1.29 is 18.3 Å². The van der Waals surface area contributed by atoms with E-state index in [-0.39, 0.29) is 18.5 Å². The van der Waals surface area contributed by atoms with E-state index < -0.39 is 11.6 Å². The van der Waals surface area contributed by atoms with Gasteiger partial charge >= 0.3 is 0 Å². The van der Waals surface area contributed by atoms with E-state index in [4.69, 9.17) is 0 Å². The molecule has 0 spiro atoms. The van der Waals surface area contributed by atoms with Gasteiger partial charge in [-0.1, -0.05) is 18.2 Å². The fraction of sp³-hybridized carbons (Fsp3) is 0.400. The Bertz CT molecular complexity index is 723. The molecule has 1 fully saturated rings. The van der Waals surface area contributed by atoms with Crippen molar-refractivity contribution in [2.45, 2.75) is 25.6 Å². The molecule has 26 heavy (non-hydrogen) atoms. The topological polar surface area (TPSA) is 26.7 Å². The minimum absolute atomic E-state index is 0.0728. The smallest absolute Gasteiger partial charge is 0.130 e. The third kappa shape index (κ3) is 4.84. The first-order valence-electron chi connectivity index (χ1n) is 8.81. The number of halogens is 3. The molecule has 1 heterocycles. The Balaban J connectivity index is 1.64. The van der Waals surface area contributed by atoms with Gasteiger partial charge in [-0.15, -0.1) is 0 Å². The molecular formula is C20H23F3N2O. The monoisotopic (exact) mass is 364 g/mol. The number of piperazine rings is 1. The van der Waals surface area contributed by atoms with E-state index in [0.29, 0.717) is 31.6 Å². The molecule has 3 rings (SSSR count). The molecule has 1 aliphatic rings. The highest BCUT2D eigenvalue weighted by molar-refractivity contribution is 5.19. The predicted molar refractivity (Wildman–Crippen MR) is 93.9 cm³/mol. The van der Waals surface area contributed by atoms with Gasteiger partial charge < -0.3 is 5.11 Å². The number of aliphatic hydroxyl groups excluding tert-OH is 1. The molecule has 6 heteroatoms. The predicted octanol–water partition coefficient (Wildman–Crippen LogP) is 3.17. The Morgan fingerprint density at radius 1 is 0.923 bits per heavy atom. The average molecular weight is 364 g/mol. The van der Waals surface area contributed by atoms with Gasteiger partial charge in [0.2, 0.25) is 0 Å². The van der Waals surface area contributed by atoms with Gasteiger partial charge in [0, 0.05) is 57.0 Å². The zero-order valence-electron chi connectivity index (χ0n) is 14.5. The van der Waals surface area contributed by atoms with Crippen LogP contribution < -0.4 is 0 Å². The van der Waals surface area contributed by atoms with Crippen molar-refractivity contribution in [2.75, 3.05) is 26.2 Å². The van der Waals surface area contributed by atoms with Crippen molar-refractivity contribution >= 4 is 0 Å². The standard InChI is InChI=1S/C20H23F3N2O/c21-17-4-1-15(2-5-17)12-25-9-8-24(14-19(25)7-10-26)13-16-3-6-18(22)11-20(16)23/h1-6,11,19,26H,7-10,12-14H2/t19-/m0/s1. The first kappa shape index (κ1) is 18.9. The van der Waals surface area contributed by atoms with Crippen LogP contribution in [0.3, 0.4) is 0 Å². The van der Waals surface area contributed by atoms with Crippen LogP contribution in [0.15, 0.2) is 42.5 Å². The lowest BCUT2D eigenvalue weighted by Crippen LogP contribution is -2.52. The Morgan fingerprint density at radius 2 is 1.65 bits per heavy atom. The van der Waals surface area contributed by atoms with Crippen molar-refractivity contribution in [3.05, 3.63) is 71.0 Å². The average Bonchev–Trinajstić information content (AvgIpc) is 2.62. The Morgan fingerprint density at radius 3 is 2.35 bits per heavy atom. The summed E-state index contributed by atoms with van der Waals surface area (Å²) in [6.45, 7) is 3.38. The van der Waals surface area contributed by atoms with Gasteiger partial charge in [0.15, 0.2) is 0 Å². The number of hydrogen-bond donors (Lipinski definition) is 1. The molecule has 0 aliphatic carbocycles. The molecule has 1 atom stereocenters. The summed E-state index contributed by atoms with van der Waals surface area (Å²) in [6.07, 6.45) is 0.615. The number of rotatable bonds is 6. The van der Waals surface area contributed by atoms with Gasteiger partial charge in [-0.3, -0.25) is 9.80 Å². The maximum absolute atomic E-state index is 13.9. The van der Waals surface area contributed by atoms with E-state index in [1.54, 1.807) is 12.1 Å². The number of hydrogen-bond acceptors (Lipinski definition) is 3. The maximum atomic E-state index is 13.9. The Hall–Kier alpha value is -1.89. The van der Waals surface area contributed by atoms with Gasteiger partial charge in [-0.25, -0.2) is 13.2 Å². The van der Waals surface area contributed by atoms with E-state index in [1.807, 2.05) is 0 Å². The van der Waals surface area contributed by atoms with Crippen LogP contribution in [0, 0.1) is 17.5 Å². The van der Waals surface area contributed by atoms with E-state index in [0.717, 1.165) is 24.7 Å². The van der Waals surface area contributed by atoms with Crippen LogP contribution in [0.1, 0.15) is 17.5 Å². The molecule has 0 saturated carbocycles. The molecule has 0 amide bonds. The third-order valence-electron chi connectivity index (χ3n) is 4.86. The molecule has 0 unspecified atom stereocenters. The van der Waals surface area contributed by atoms with Gasteiger partial charge in [0.05, 0.1) is 0 Å². The highest BCUT2D eigenvalue weighted by Gasteiger charge is 2.27. The lowest BCUT2D eigenvalue weighted by molar-refractivity contribution is 0.0494. The molecule has 1 aliphatic heterocycles. The second kappa shape index (κ2) is 8.66. The second-order valence-electron chi connectivity index (χ2n) is 6.73. The van der Waals surface area contributed by atoms with Crippen LogP contribution in [-0.2, 0) is 13.1 Å². The van der Waals surface area contributed by atoms with E-state index in [1.165, 1.54) is 24.3 Å². The van der Waals surface area contributed by atoms with Crippen molar-refractivity contribution in [1.29, 1.82) is 0 Å². The third-order valence-corrected chi connectivity index (χ3v) is 4.86. The van der Waals surface area contributed by atoms with Crippen LogP contribution >= 0.6 is 0 Å². The van der Waals surface area contributed by atoms with Crippen LogP contribution in [0.25, 0.3) is 0 Å². The SMILES string of the molecule is OCC[C@H]1CN(Cc2ccc(F)cc2F)CCN1Cc1ccc(F)cc1. The summed E-state index contributed by atoms with van der Waals surface area (Å²) < 4.78 is 40.0. The van der Waals surface area contributed by atoms with Crippen LogP contribution in [0.5, 0.6) is 0 Å². The zero-order valence-corrected chi connectivity index (χ0v) is 14.5. The van der Waals surface area contributed by atoms with Crippen molar-refractivity contribution in [1.82, 2.24) is 9.80 Å². The van der Waals surface area contributed by atoms with Crippen LogP contribution in [-0.4, -0.2) is 47.2 Å². The molecule has 3 nitrogen and oxygen atoms in total. The summed E-state index contributed by atoms with van der Waals surface area (Å²) in [7, 11) is 0. The quantitative estimate of drug-likeness (QED) is 0.853. The van der Waals surface area contributed by atoms with E-state index in [2.05, 4.69) is 9.80 Å². The van der Waals surface area contributed by atoms with Gasteiger partial charge in [-0.2, -0.15) is 0 Å². The van der Waals surface area contributed by atoms with Crippen molar-refractivity contribution in [2.24, 2.45) is 0 Å². The largest absolute Gasteiger partial charge is 0.396 e. The molecule has 0 aromatic heterocycles. The summed E-state index contributed by atoms with van der Waals surface area (Å²) >= 11 is 0. The zero-order chi connectivity index (χ0) is 18.5. The fourth-order valence-electron chi connectivity index (χ4n) is 3.45. The minimum atomic E-state index is -0.575. The summed E-state index contributed by atoms with van der Waals surface area (Å²) in [5.41, 5.74) is 1.49. The highest BCUT2D eigenvalue weighted by Crippen LogP contribution is 2.20. The summed E-state index contributed by atoms with van der Waals surface area (Å²) in [5, 5.41) is 9.39. The number of nitrogens with zero attached hydrogens (tertiary/aromatic N) is 2. The maximum Gasteiger partial charge on any atom is 0.130 e. The van der Waals surface area contributed by atoms with Crippen LogP contribution in [0.4, 0.5) is 13.2 Å². The van der Waals surface area contributed by atoms with Crippen molar-refractivity contribution in [3.8, 4) is 0 Å². The molecule has 140 valence electrons. The van der Waals surface area contributed by atoms with Gasteiger partial charge in [-0.05, 0) is 30.2 Å². The molecule has 0 radical (unpaired) electrons. The molecule has 1 N–H and O–H groups in total. The second-order valence-corrected chi connectivity index (χ2v) is 6.73. The highest BCUT2D eigenvalue weighted by atomic mass is 19.1. The molecule has 2 aromatic carbocycles. The molecular weight excluding hydrogens is 341 g/mol. The molecule has 0 bridgehead atoms. The Kier molecular flexibility index (Phi) is 6.29. The van der Waals surface area contributed by atoms with E-state index in [9.17, 15) is 18.3 Å². The van der Waals surface area contributed by atoms with Gasteiger partial charge in [0.1, 0.15) is 17.5 Å². The van der Waals surface area contributed by atoms with Gasteiger partial charge in [0.25, 0.3) is 0 Å². The molecule has 2 aromatic rings. The normalized spacial score (nSPS) is 19.0. The number of aliphatic hydroxyl groups is 1. The minimum Gasteiger partial charge on any atom is -0.396 e. The lowest BCUT2D eigenvalue weighted by atomic mass is 10.1. The van der Waals surface area contributed by atoms with Crippen molar-refractivity contribution in [3.63, 3.8) is 0 Å². The lowest BCUT2D eigenvalue weighted by Gasteiger charge is -2.41. The first-order valence-corrected chi connectivity index (χ1v) is 8.81. The summed E-state index contributed by atoms with van der Waals surface area (Å²) in [5.74, 6) is -1.36. The van der Waals surface area contributed by atoms with Crippen LogP contribution in [0.2, 0.25) is 0 Å². The number of benzene rings is 2. The first-order chi connectivity index (χ1) is 12.5. The summed E-state index contributed by atoms with van der Waals surface area (Å²) in [6, 6.07) is 10.2. The van der Waals surface area contributed by atoms with E-state index >= 15 is 0 Å². The summed E-state index contributed by atoms with van der Waals surface area (Å²) in [4.78, 5) is 4.39. The Labute approximate surface area is 151 Å². The fourth-order valence-corrected chi connectivity index (χ4v) is 3.45. The molecule has 1 saturated heterocycles.